The van der Waals surface area contributed by atoms with Crippen LogP contribution in [0.25, 0.3) is 0 Å². The molecule has 1 aromatic rings. The molecule has 4 N–H and O–H groups in total. The van der Waals surface area contributed by atoms with E-state index in [0.717, 1.165) is 6.42 Å². The molecule has 6 heteroatoms. The number of nitrogens with one attached hydrogen (secondary N) is 1. The molecule has 1 aromatic heterocycles. The molecular formula is C12H20N4O2. The Morgan fingerprint density at radius 1 is 1.56 bits per heavy atom. The smallest absolute Gasteiger partial charge is 0.273 e. The van der Waals surface area contributed by atoms with E-state index in [4.69, 9.17) is 5.73 Å². The van der Waals surface area contributed by atoms with Crippen molar-refractivity contribution in [2.24, 2.45) is 5.92 Å². The Morgan fingerprint density at radius 2 is 2.17 bits per heavy atom. The van der Waals surface area contributed by atoms with Crippen molar-refractivity contribution in [1.82, 2.24) is 15.3 Å². The second-order valence-electron chi connectivity index (χ2n) is 4.64. The van der Waals surface area contributed by atoms with E-state index in [9.17, 15) is 9.90 Å². The Bertz CT molecular complexity index is 420. The zero-order chi connectivity index (χ0) is 13.8. The van der Waals surface area contributed by atoms with Gasteiger partial charge in [-0.15, -0.1) is 0 Å². The summed E-state index contributed by atoms with van der Waals surface area (Å²) in [5.41, 5.74) is 4.67. The van der Waals surface area contributed by atoms with E-state index >= 15 is 0 Å². The predicted molar refractivity (Wildman–Crippen MR) is 68.9 cm³/mol. The first-order chi connectivity index (χ1) is 8.38. The molecule has 1 amide bonds. The largest absolute Gasteiger partial charge is 0.388 e. The molecular weight excluding hydrogens is 232 g/mol. The molecule has 0 saturated carbocycles. The maximum absolute atomic E-state index is 11.8. The van der Waals surface area contributed by atoms with Crippen LogP contribution in [-0.2, 0) is 0 Å². The van der Waals surface area contributed by atoms with Gasteiger partial charge in [0.2, 0.25) is 0 Å². The first kappa shape index (κ1) is 14.4. The number of amides is 1. The lowest BCUT2D eigenvalue weighted by Crippen LogP contribution is -2.45. The van der Waals surface area contributed by atoms with Crippen LogP contribution in [0.2, 0.25) is 0 Å². The lowest BCUT2D eigenvalue weighted by molar-refractivity contribution is 0.00588. The second kappa shape index (κ2) is 5.77. The third-order valence-corrected chi connectivity index (χ3v) is 3.22. The highest BCUT2D eigenvalue weighted by molar-refractivity contribution is 5.96. The van der Waals surface area contributed by atoms with Crippen LogP contribution in [0.4, 0.5) is 5.82 Å². The van der Waals surface area contributed by atoms with Crippen molar-refractivity contribution >= 4 is 11.7 Å². The molecule has 100 valence electrons. The molecule has 18 heavy (non-hydrogen) atoms. The quantitative estimate of drug-likeness (QED) is 0.711. The number of nitrogens with zero attached hydrogens (tertiary/aromatic N) is 2. The number of carbonyl (C=O) groups excluding carboxylic acids is 1. The molecule has 0 fully saturated rings. The Balaban J connectivity index is 2.65. The van der Waals surface area contributed by atoms with Crippen LogP contribution in [0.3, 0.4) is 0 Å². The molecule has 2 unspecified atom stereocenters. The van der Waals surface area contributed by atoms with Crippen molar-refractivity contribution in [2.75, 3.05) is 12.3 Å². The Hall–Kier alpha value is -1.69. The molecule has 2 atom stereocenters. The number of nitrogen functional groups attached to an aromatic ring is 1. The van der Waals surface area contributed by atoms with Gasteiger partial charge in [-0.25, -0.2) is 9.97 Å². The fourth-order valence-corrected chi connectivity index (χ4v) is 1.48. The van der Waals surface area contributed by atoms with Crippen molar-refractivity contribution in [3.05, 3.63) is 18.1 Å². The molecule has 1 heterocycles. The monoisotopic (exact) mass is 252 g/mol. The lowest BCUT2D eigenvalue weighted by Gasteiger charge is -2.29. The van der Waals surface area contributed by atoms with Gasteiger partial charge >= 0.3 is 0 Å². The average Bonchev–Trinajstić information content (AvgIpc) is 2.35. The van der Waals surface area contributed by atoms with Crippen molar-refractivity contribution in [3.63, 3.8) is 0 Å². The number of hydrogen-bond acceptors (Lipinski definition) is 5. The summed E-state index contributed by atoms with van der Waals surface area (Å²) < 4.78 is 0. The Labute approximate surface area is 107 Å². The summed E-state index contributed by atoms with van der Waals surface area (Å²) in [6, 6.07) is 0. The molecule has 0 aromatic carbocycles. The van der Waals surface area contributed by atoms with E-state index < -0.39 is 11.5 Å². The summed E-state index contributed by atoms with van der Waals surface area (Å²) in [5, 5.41) is 12.8. The van der Waals surface area contributed by atoms with Crippen molar-refractivity contribution in [1.29, 1.82) is 0 Å². The number of hydrogen-bond donors (Lipinski definition) is 3. The zero-order valence-electron chi connectivity index (χ0n) is 11.0. The molecule has 0 bridgehead atoms. The van der Waals surface area contributed by atoms with Crippen LogP contribution in [-0.4, -0.2) is 33.1 Å². The highest BCUT2D eigenvalue weighted by Gasteiger charge is 2.28. The van der Waals surface area contributed by atoms with Crippen LogP contribution in [0.1, 0.15) is 37.7 Å². The number of rotatable bonds is 5. The summed E-state index contributed by atoms with van der Waals surface area (Å²) in [4.78, 5) is 19.5. The zero-order valence-corrected chi connectivity index (χ0v) is 11.0. The minimum atomic E-state index is -0.957. The van der Waals surface area contributed by atoms with Gasteiger partial charge in [-0.1, -0.05) is 20.3 Å². The third-order valence-electron chi connectivity index (χ3n) is 3.22. The summed E-state index contributed by atoms with van der Waals surface area (Å²) in [5.74, 6) is -0.264. The van der Waals surface area contributed by atoms with Crippen LogP contribution in [0, 0.1) is 5.92 Å². The summed E-state index contributed by atoms with van der Waals surface area (Å²) >= 11 is 0. The summed E-state index contributed by atoms with van der Waals surface area (Å²) in [7, 11) is 0. The van der Waals surface area contributed by atoms with Crippen LogP contribution < -0.4 is 11.1 Å². The molecule has 1 rings (SSSR count). The van der Waals surface area contributed by atoms with Gasteiger partial charge in [0.25, 0.3) is 5.91 Å². The lowest BCUT2D eigenvalue weighted by atomic mass is 9.88. The van der Waals surface area contributed by atoms with E-state index in [-0.39, 0.29) is 24.0 Å². The SMILES string of the molecule is CCC(C)C(C)(O)CNC(=O)c1nccnc1N. The summed E-state index contributed by atoms with van der Waals surface area (Å²) in [6.45, 7) is 5.77. The first-order valence-electron chi connectivity index (χ1n) is 5.95. The van der Waals surface area contributed by atoms with Crippen molar-refractivity contribution in [2.45, 2.75) is 32.8 Å². The molecule has 0 aliphatic heterocycles. The van der Waals surface area contributed by atoms with E-state index in [1.807, 2.05) is 13.8 Å². The van der Waals surface area contributed by atoms with E-state index in [1.54, 1.807) is 6.92 Å². The van der Waals surface area contributed by atoms with Crippen LogP contribution in [0.5, 0.6) is 0 Å². The maximum atomic E-state index is 11.8. The second-order valence-corrected chi connectivity index (χ2v) is 4.64. The Kier molecular flexibility index (Phi) is 4.61. The van der Waals surface area contributed by atoms with Crippen LogP contribution in [0.15, 0.2) is 12.4 Å². The van der Waals surface area contributed by atoms with Crippen LogP contribution >= 0.6 is 0 Å². The van der Waals surface area contributed by atoms with Crippen molar-refractivity contribution in [3.8, 4) is 0 Å². The first-order valence-corrected chi connectivity index (χ1v) is 5.95. The highest BCUT2D eigenvalue weighted by atomic mass is 16.3. The van der Waals surface area contributed by atoms with Gasteiger partial charge < -0.3 is 16.2 Å². The number of carbonyl (C=O) groups is 1. The van der Waals surface area contributed by atoms with Gasteiger partial charge in [0.1, 0.15) is 0 Å². The van der Waals surface area contributed by atoms with E-state index in [1.165, 1.54) is 12.4 Å². The minimum absolute atomic E-state index is 0.0806. The van der Waals surface area contributed by atoms with E-state index in [2.05, 4.69) is 15.3 Å². The van der Waals surface area contributed by atoms with Gasteiger partial charge in [-0.3, -0.25) is 4.79 Å². The Morgan fingerprint density at radius 3 is 2.72 bits per heavy atom. The van der Waals surface area contributed by atoms with Gasteiger partial charge in [0, 0.05) is 18.9 Å². The standard InChI is InChI=1S/C12H20N4O2/c1-4-8(2)12(3,18)7-16-11(17)9-10(13)15-6-5-14-9/h5-6,8,18H,4,7H2,1-3H3,(H2,13,15)(H,16,17). The molecule has 0 spiro atoms. The van der Waals surface area contributed by atoms with E-state index in [0.29, 0.717) is 0 Å². The highest BCUT2D eigenvalue weighted by Crippen LogP contribution is 2.19. The molecule has 0 radical (unpaired) electrons. The summed E-state index contributed by atoms with van der Waals surface area (Å²) in [6.07, 6.45) is 3.65. The molecule has 0 aliphatic carbocycles. The number of nitrogens with two attached hydrogens (primary N) is 1. The average molecular weight is 252 g/mol. The predicted octanol–water partition coefficient (Wildman–Crippen LogP) is 0.586. The maximum Gasteiger partial charge on any atom is 0.273 e. The molecule has 6 nitrogen and oxygen atoms in total. The number of aromatic nitrogens is 2. The third kappa shape index (κ3) is 3.40. The van der Waals surface area contributed by atoms with Crippen molar-refractivity contribution < 1.29 is 9.90 Å². The normalized spacial score (nSPS) is 15.8. The van der Waals surface area contributed by atoms with Gasteiger partial charge in [0.05, 0.1) is 5.60 Å². The fraction of sp³-hybridized carbons (Fsp3) is 0.583. The van der Waals surface area contributed by atoms with Gasteiger partial charge in [-0.2, -0.15) is 0 Å². The number of aliphatic hydroxyl groups is 1. The number of anilines is 1. The topological polar surface area (TPSA) is 101 Å². The van der Waals surface area contributed by atoms with Gasteiger partial charge in [0.15, 0.2) is 11.5 Å². The molecule has 0 aliphatic rings. The van der Waals surface area contributed by atoms with Gasteiger partial charge in [-0.05, 0) is 12.8 Å². The molecule has 0 saturated heterocycles. The minimum Gasteiger partial charge on any atom is -0.388 e. The fourth-order valence-electron chi connectivity index (χ4n) is 1.48.